The lowest BCUT2D eigenvalue weighted by Gasteiger charge is -2.36. The lowest BCUT2D eigenvalue weighted by Crippen LogP contribution is -2.46. The van der Waals surface area contributed by atoms with Crippen molar-refractivity contribution < 1.29 is 31.1 Å². The number of hydrogen-bond acceptors (Lipinski definition) is 4. The van der Waals surface area contributed by atoms with Gasteiger partial charge in [0, 0.05) is 24.2 Å². The molecule has 1 amide bonds. The summed E-state index contributed by atoms with van der Waals surface area (Å²) >= 11 is 0. The molecule has 1 saturated heterocycles. The maximum atomic E-state index is 12.8. The second-order valence-electron chi connectivity index (χ2n) is 7.13. The Balaban J connectivity index is 1.76. The van der Waals surface area contributed by atoms with Crippen LogP contribution >= 0.6 is 0 Å². The molecule has 0 aromatic heterocycles. The molecule has 1 heterocycles. The van der Waals surface area contributed by atoms with E-state index in [2.05, 4.69) is 16.6 Å². The van der Waals surface area contributed by atoms with Crippen LogP contribution in [0.15, 0.2) is 66.6 Å². The fraction of sp³-hybridized carbons (Fsp3) is 0.286. The van der Waals surface area contributed by atoms with E-state index in [-0.39, 0.29) is 24.7 Å². The first-order chi connectivity index (χ1) is 14.6. The number of piperidine rings is 1. The molecule has 10 heteroatoms. The Morgan fingerprint density at radius 1 is 1.10 bits per heavy atom. The van der Waals surface area contributed by atoms with Crippen LogP contribution < -0.4 is 10.1 Å². The van der Waals surface area contributed by atoms with Gasteiger partial charge >= 0.3 is 6.36 Å². The number of ether oxygens (including phenoxy) is 1. The normalized spacial score (nSPS) is 20.1. The van der Waals surface area contributed by atoms with Crippen molar-refractivity contribution in [2.75, 3.05) is 18.4 Å². The van der Waals surface area contributed by atoms with E-state index in [9.17, 15) is 26.4 Å². The largest absolute Gasteiger partial charge is 0.573 e. The van der Waals surface area contributed by atoms with Crippen LogP contribution in [0.1, 0.15) is 17.9 Å². The number of halogens is 3. The zero-order chi connectivity index (χ0) is 22.6. The van der Waals surface area contributed by atoms with E-state index in [1.165, 1.54) is 16.4 Å². The SMILES string of the molecule is C=CS(=O)(=O)N1C[C@@H](C(=O)Nc2ccc(OC(F)(F)F)cc2)C[C@H](c2ccccc2)C1. The van der Waals surface area contributed by atoms with Gasteiger partial charge in [0.05, 0.1) is 5.92 Å². The molecule has 0 radical (unpaired) electrons. The van der Waals surface area contributed by atoms with Gasteiger partial charge in [-0.3, -0.25) is 4.79 Å². The number of alkyl halides is 3. The van der Waals surface area contributed by atoms with Gasteiger partial charge in [-0.05, 0) is 42.2 Å². The maximum Gasteiger partial charge on any atom is 0.573 e. The van der Waals surface area contributed by atoms with E-state index in [0.29, 0.717) is 6.42 Å². The van der Waals surface area contributed by atoms with Crippen LogP contribution in [0.25, 0.3) is 0 Å². The van der Waals surface area contributed by atoms with Gasteiger partial charge in [-0.15, -0.1) is 13.2 Å². The first-order valence-corrected chi connectivity index (χ1v) is 10.9. The van der Waals surface area contributed by atoms with Crippen molar-refractivity contribution in [1.82, 2.24) is 4.31 Å². The van der Waals surface area contributed by atoms with E-state index in [1.807, 2.05) is 30.3 Å². The number of hydrogen-bond donors (Lipinski definition) is 1. The highest BCUT2D eigenvalue weighted by molar-refractivity contribution is 7.92. The van der Waals surface area contributed by atoms with Gasteiger partial charge < -0.3 is 10.1 Å². The average molecular weight is 454 g/mol. The summed E-state index contributed by atoms with van der Waals surface area (Å²) in [5.74, 6) is -1.67. The monoisotopic (exact) mass is 454 g/mol. The molecule has 1 aliphatic rings. The highest BCUT2D eigenvalue weighted by atomic mass is 32.2. The fourth-order valence-corrected chi connectivity index (χ4v) is 4.50. The molecule has 0 spiro atoms. The van der Waals surface area contributed by atoms with Crippen LogP contribution in [0.3, 0.4) is 0 Å². The molecule has 3 rings (SSSR count). The molecule has 1 N–H and O–H groups in total. The lowest BCUT2D eigenvalue weighted by molar-refractivity contribution is -0.274. The van der Waals surface area contributed by atoms with Crippen LogP contribution in [0.4, 0.5) is 18.9 Å². The summed E-state index contributed by atoms with van der Waals surface area (Å²) in [5.41, 5.74) is 1.19. The molecule has 31 heavy (non-hydrogen) atoms. The average Bonchev–Trinajstić information content (AvgIpc) is 2.74. The smallest absolute Gasteiger partial charge is 0.406 e. The summed E-state index contributed by atoms with van der Waals surface area (Å²) in [4.78, 5) is 12.8. The van der Waals surface area contributed by atoms with E-state index in [0.717, 1.165) is 23.1 Å². The van der Waals surface area contributed by atoms with E-state index in [4.69, 9.17) is 0 Å². The molecule has 2 aromatic carbocycles. The Morgan fingerprint density at radius 2 is 1.74 bits per heavy atom. The Kier molecular flexibility index (Phi) is 6.71. The van der Waals surface area contributed by atoms with E-state index >= 15 is 0 Å². The number of anilines is 1. The molecule has 0 saturated carbocycles. The standard InChI is InChI=1S/C21H21F3N2O4S/c1-2-31(28,29)26-13-16(15-6-4-3-5-7-15)12-17(14-26)20(27)25-18-8-10-19(11-9-18)30-21(22,23)24/h2-11,16-17H,1,12-14H2,(H,25,27)/t16-,17-/m0/s1. The number of nitrogens with zero attached hydrogens (tertiary/aromatic N) is 1. The molecule has 6 nitrogen and oxygen atoms in total. The third-order valence-corrected chi connectivity index (χ3v) is 6.42. The van der Waals surface area contributed by atoms with Crippen LogP contribution in [-0.2, 0) is 14.8 Å². The minimum atomic E-state index is -4.81. The lowest BCUT2D eigenvalue weighted by atomic mass is 9.85. The summed E-state index contributed by atoms with van der Waals surface area (Å²) < 4.78 is 66.6. The second kappa shape index (κ2) is 9.11. The van der Waals surface area contributed by atoms with Crippen LogP contribution in [0.5, 0.6) is 5.75 Å². The molecule has 2 aromatic rings. The van der Waals surface area contributed by atoms with Gasteiger partial charge in [-0.1, -0.05) is 36.9 Å². The third kappa shape index (κ3) is 6.08. The van der Waals surface area contributed by atoms with Crippen molar-refractivity contribution in [1.29, 1.82) is 0 Å². The Labute approximate surface area is 178 Å². The third-order valence-electron chi connectivity index (χ3n) is 4.98. The van der Waals surface area contributed by atoms with Crippen LogP contribution in [0, 0.1) is 5.92 Å². The van der Waals surface area contributed by atoms with Crippen molar-refractivity contribution in [3.8, 4) is 5.75 Å². The minimum absolute atomic E-state index is 0.0151. The van der Waals surface area contributed by atoms with Crippen molar-refractivity contribution in [3.63, 3.8) is 0 Å². The van der Waals surface area contributed by atoms with Gasteiger partial charge in [0.2, 0.25) is 15.9 Å². The molecule has 0 unspecified atom stereocenters. The number of amides is 1. The van der Waals surface area contributed by atoms with Gasteiger partial charge in [-0.25, -0.2) is 8.42 Å². The first kappa shape index (κ1) is 22.8. The minimum Gasteiger partial charge on any atom is -0.406 e. The molecular weight excluding hydrogens is 433 g/mol. The van der Waals surface area contributed by atoms with E-state index < -0.39 is 34.0 Å². The van der Waals surface area contributed by atoms with Crippen molar-refractivity contribution in [2.24, 2.45) is 5.92 Å². The summed E-state index contributed by atoms with van der Waals surface area (Å²) in [7, 11) is -3.73. The van der Waals surface area contributed by atoms with Gasteiger partial charge in [0.15, 0.2) is 0 Å². The number of carbonyl (C=O) groups excluding carboxylic acids is 1. The fourth-order valence-electron chi connectivity index (χ4n) is 3.51. The zero-order valence-corrected chi connectivity index (χ0v) is 17.2. The summed E-state index contributed by atoms with van der Waals surface area (Å²) in [6.07, 6.45) is -4.38. The molecular formula is C21H21F3N2O4S. The number of rotatable bonds is 6. The summed E-state index contributed by atoms with van der Waals surface area (Å²) in [5, 5.41) is 3.50. The van der Waals surface area contributed by atoms with Gasteiger partial charge in [-0.2, -0.15) is 4.31 Å². The molecule has 0 aliphatic carbocycles. The number of benzene rings is 2. The van der Waals surface area contributed by atoms with Gasteiger partial charge in [0.25, 0.3) is 0 Å². The van der Waals surface area contributed by atoms with Crippen molar-refractivity contribution in [3.05, 3.63) is 72.1 Å². The summed E-state index contributed by atoms with van der Waals surface area (Å²) in [6.45, 7) is 3.57. The Hall–Kier alpha value is -2.85. The number of sulfonamides is 1. The maximum absolute atomic E-state index is 12.8. The molecule has 1 fully saturated rings. The number of carbonyl (C=O) groups is 1. The van der Waals surface area contributed by atoms with Crippen molar-refractivity contribution >= 4 is 21.6 Å². The predicted octanol–water partition coefficient (Wildman–Crippen LogP) is 4.10. The van der Waals surface area contributed by atoms with Gasteiger partial charge in [0.1, 0.15) is 5.75 Å². The highest BCUT2D eigenvalue weighted by Crippen LogP contribution is 2.33. The predicted molar refractivity (Wildman–Crippen MR) is 110 cm³/mol. The Bertz CT molecular complexity index is 1020. The zero-order valence-electron chi connectivity index (χ0n) is 16.4. The molecule has 0 bridgehead atoms. The topological polar surface area (TPSA) is 75.7 Å². The molecule has 2 atom stereocenters. The summed E-state index contributed by atoms with van der Waals surface area (Å²) in [6, 6.07) is 14.0. The quantitative estimate of drug-likeness (QED) is 0.713. The van der Waals surface area contributed by atoms with E-state index in [1.54, 1.807) is 0 Å². The second-order valence-corrected chi connectivity index (χ2v) is 9.01. The van der Waals surface area contributed by atoms with Crippen LogP contribution in [-0.4, -0.2) is 38.1 Å². The number of nitrogens with one attached hydrogen (secondary N) is 1. The molecule has 1 aliphatic heterocycles. The Morgan fingerprint density at radius 3 is 2.32 bits per heavy atom. The highest BCUT2D eigenvalue weighted by Gasteiger charge is 2.36. The van der Waals surface area contributed by atoms with Crippen LogP contribution in [0.2, 0.25) is 0 Å². The molecule has 166 valence electrons. The van der Waals surface area contributed by atoms with Crippen molar-refractivity contribution in [2.45, 2.75) is 18.7 Å². The first-order valence-electron chi connectivity index (χ1n) is 9.41.